The molecule has 0 spiro atoms. The van der Waals surface area contributed by atoms with E-state index in [1.54, 1.807) is 11.3 Å². The van der Waals surface area contributed by atoms with Crippen molar-refractivity contribution in [3.8, 4) is 0 Å². The maximum absolute atomic E-state index is 4.74. The van der Waals surface area contributed by atoms with Crippen molar-refractivity contribution in [2.45, 2.75) is 58.0 Å². The van der Waals surface area contributed by atoms with Gasteiger partial charge in [-0.25, -0.2) is 4.98 Å². The Morgan fingerprint density at radius 1 is 1.38 bits per heavy atom. The number of aryl methyl sites for hydroxylation is 2. The second kappa shape index (κ2) is 6.75. The molecular weight excluding hydrogens is 278 g/mol. The lowest BCUT2D eigenvalue weighted by atomic mass is 10.1. The summed E-state index contributed by atoms with van der Waals surface area (Å²) in [5.74, 6) is 0. The van der Waals surface area contributed by atoms with Crippen LogP contribution in [0.15, 0.2) is 17.8 Å². The molecule has 1 atom stereocenters. The highest BCUT2D eigenvalue weighted by atomic mass is 32.1. The van der Waals surface area contributed by atoms with Crippen molar-refractivity contribution in [2.75, 3.05) is 7.05 Å². The fourth-order valence-corrected chi connectivity index (χ4v) is 4.14. The number of rotatable bonds is 5. The quantitative estimate of drug-likeness (QED) is 0.848. The first kappa shape index (κ1) is 14.8. The van der Waals surface area contributed by atoms with Gasteiger partial charge >= 0.3 is 0 Å². The monoisotopic (exact) mass is 303 g/mol. The van der Waals surface area contributed by atoms with E-state index >= 15 is 0 Å². The lowest BCUT2D eigenvalue weighted by Gasteiger charge is -2.13. The van der Waals surface area contributed by atoms with Crippen molar-refractivity contribution >= 4 is 11.3 Å². The average molecular weight is 303 g/mol. The highest BCUT2D eigenvalue weighted by Crippen LogP contribution is 2.29. The summed E-state index contributed by atoms with van der Waals surface area (Å²) in [6.45, 7) is 3.12. The minimum absolute atomic E-state index is 0.523. The summed E-state index contributed by atoms with van der Waals surface area (Å²) in [7, 11) is 2.08. The van der Waals surface area contributed by atoms with Crippen LogP contribution in [0.4, 0.5) is 0 Å². The van der Waals surface area contributed by atoms with Crippen LogP contribution in [0.2, 0.25) is 0 Å². The van der Waals surface area contributed by atoms with Crippen LogP contribution in [0, 0.1) is 0 Å². The van der Waals surface area contributed by atoms with E-state index < -0.39 is 0 Å². The number of fused-ring (bicyclic) bond motifs is 1. The fourth-order valence-electron chi connectivity index (χ4n) is 3.24. The van der Waals surface area contributed by atoms with Crippen LogP contribution in [0.5, 0.6) is 0 Å². The van der Waals surface area contributed by atoms with Gasteiger partial charge in [-0.05, 0) is 50.3 Å². The second-order valence-corrected chi connectivity index (χ2v) is 6.92. The van der Waals surface area contributed by atoms with Crippen LogP contribution in [-0.4, -0.2) is 16.6 Å². The van der Waals surface area contributed by atoms with Crippen molar-refractivity contribution in [1.82, 2.24) is 14.9 Å². The molecular formula is C17H25N3S. The Bertz CT molecular complexity index is 585. The highest BCUT2D eigenvalue weighted by Gasteiger charge is 2.19. The van der Waals surface area contributed by atoms with Gasteiger partial charge in [0.2, 0.25) is 0 Å². The van der Waals surface area contributed by atoms with E-state index in [4.69, 9.17) is 4.98 Å². The number of nitrogens with zero attached hydrogens (tertiary/aromatic N) is 2. The number of aromatic nitrogens is 2. The van der Waals surface area contributed by atoms with E-state index in [0.717, 1.165) is 13.0 Å². The van der Waals surface area contributed by atoms with Crippen molar-refractivity contribution in [3.05, 3.63) is 39.6 Å². The van der Waals surface area contributed by atoms with Crippen molar-refractivity contribution in [2.24, 2.45) is 0 Å². The summed E-state index contributed by atoms with van der Waals surface area (Å²) in [6, 6.07) is 0.523. The molecule has 0 radical (unpaired) electrons. The molecule has 0 saturated heterocycles. The number of hydrogen-bond donors (Lipinski definition) is 1. The van der Waals surface area contributed by atoms with E-state index in [9.17, 15) is 0 Å². The molecule has 0 aliphatic heterocycles. The topological polar surface area (TPSA) is 29.9 Å². The second-order valence-electron chi connectivity index (χ2n) is 5.98. The molecule has 2 aromatic heterocycles. The summed E-state index contributed by atoms with van der Waals surface area (Å²) >= 11 is 1.80. The molecule has 3 nitrogen and oxygen atoms in total. The molecule has 1 unspecified atom stereocenters. The van der Waals surface area contributed by atoms with Gasteiger partial charge in [-0.1, -0.05) is 13.3 Å². The van der Waals surface area contributed by atoms with Crippen LogP contribution in [-0.2, 0) is 19.4 Å². The number of nitrogens with one attached hydrogen (secondary N) is 1. The van der Waals surface area contributed by atoms with Crippen LogP contribution < -0.4 is 5.32 Å². The predicted molar refractivity (Wildman–Crippen MR) is 89.0 cm³/mol. The van der Waals surface area contributed by atoms with Gasteiger partial charge in [-0.3, -0.25) is 0 Å². The van der Waals surface area contributed by atoms with Gasteiger partial charge in [0.05, 0.1) is 17.2 Å². The summed E-state index contributed by atoms with van der Waals surface area (Å²) in [6.07, 6.45) is 12.1. The lowest BCUT2D eigenvalue weighted by Crippen LogP contribution is -2.15. The van der Waals surface area contributed by atoms with E-state index in [1.165, 1.54) is 53.9 Å². The van der Waals surface area contributed by atoms with Crippen molar-refractivity contribution < 1.29 is 0 Å². The minimum Gasteiger partial charge on any atom is -0.348 e. The van der Waals surface area contributed by atoms with Crippen LogP contribution in [0.3, 0.4) is 0 Å². The van der Waals surface area contributed by atoms with Gasteiger partial charge < -0.3 is 9.88 Å². The molecule has 0 aromatic carbocycles. The van der Waals surface area contributed by atoms with Gasteiger partial charge in [0.1, 0.15) is 0 Å². The molecule has 21 heavy (non-hydrogen) atoms. The Hall–Kier alpha value is -1.13. The molecule has 114 valence electrons. The van der Waals surface area contributed by atoms with Crippen LogP contribution in [0.1, 0.15) is 60.5 Å². The molecule has 0 saturated carbocycles. The van der Waals surface area contributed by atoms with Gasteiger partial charge in [0, 0.05) is 23.8 Å². The zero-order valence-electron chi connectivity index (χ0n) is 13.1. The Balaban J connectivity index is 1.77. The third-order valence-electron chi connectivity index (χ3n) is 4.32. The maximum Gasteiger partial charge on any atom is 0.0928 e. The van der Waals surface area contributed by atoms with Gasteiger partial charge in [-0.15, -0.1) is 11.3 Å². The third-order valence-corrected chi connectivity index (χ3v) is 5.28. The van der Waals surface area contributed by atoms with Crippen LogP contribution >= 0.6 is 11.3 Å². The average Bonchev–Trinajstić information content (AvgIpc) is 3.03. The molecule has 3 rings (SSSR count). The summed E-state index contributed by atoms with van der Waals surface area (Å²) in [5.41, 5.74) is 4.23. The Morgan fingerprint density at radius 2 is 2.29 bits per heavy atom. The molecule has 0 amide bonds. The van der Waals surface area contributed by atoms with Gasteiger partial charge in [-0.2, -0.15) is 0 Å². The smallest absolute Gasteiger partial charge is 0.0928 e. The molecule has 1 aliphatic rings. The zero-order chi connectivity index (χ0) is 14.7. The normalized spacial score (nSPS) is 18.5. The fraction of sp³-hybridized carbons (Fsp3) is 0.588. The Morgan fingerprint density at radius 3 is 3.10 bits per heavy atom. The Kier molecular flexibility index (Phi) is 4.76. The van der Waals surface area contributed by atoms with Crippen molar-refractivity contribution in [3.63, 3.8) is 0 Å². The van der Waals surface area contributed by atoms with Gasteiger partial charge in [0.15, 0.2) is 0 Å². The minimum atomic E-state index is 0.523. The first-order valence-corrected chi connectivity index (χ1v) is 8.97. The molecule has 2 aromatic rings. The lowest BCUT2D eigenvalue weighted by molar-refractivity contribution is 0.531. The van der Waals surface area contributed by atoms with E-state index in [1.807, 2.05) is 0 Å². The molecule has 1 aliphatic carbocycles. The Labute approximate surface area is 131 Å². The zero-order valence-corrected chi connectivity index (χ0v) is 13.9. The van der Waals surface area contributed by atoms with E-state index in [0.29, 0.717) is 6.04 Å². The third kappa shape index (κ3) is 3.38. The predicted octanol–water partition coefficient (Wildman–Crippen LogP) is 3.93. The number of hydrogen-bond acceptors (Lipinski definition) is 3. The molecule has 1 N–H and O–H groups in total. The summed E-state index contributed by atoms with van der Waals surface area (Å²) in [5, 5.41) is 6.96. The maximum atomic E-state index is 4.74. The molecule has 2 heterocycles. The van der Waals surface area contributed by atoms with Gasteiger partial charge in [0.25, 0.3) is 0 Å². The van der Waals surface area contributed by atoms with Crippen LogP contribution in [0.25, 0.3) is 0 Å². The van der Waals surface area contributed by atoms with E-state index in [-0.39, 0.29) is 0 Å². The van der Waals surface area contributed by atoms with E-state index in [2.05, 4.69) is 41.6 Å². The standard InChI is InChI=1S/C17H25N3S/c1-3-6-17-19-14(12-21-17)10-20-9-13-7-4-5-8-16(18-2)15(13)11-20/h9,11-12,16,18H,3-8,10H2,1-2H3. The number of thiazole rings is 1. The first-order chi connectivity index (χ1) is 10.3. The molecule has 0 fully saturated rings. The summed E-state index contributed by atoms with van der Waals surface area (Å²) < 4.78 is 2.32. The SMILES string of the molecule is CCCc1nc(Cn2cc3c(c2)C(NC)CCCC3)cs1. The largest absolute Gasteiger partial charge is 0.348 e. The molecule has 4 heteroatoms. The highest BCUT2D eigenvalue weighted by molar-refractivity contribution is 7.09. The molecule has 0 bridgehead atoms. The summed E-state index contributed by atoms with van der Waals surface area (Å²) in [4.78, 5) is 4.74. The van der Waals surface area contributed by atoms with Crippen molar-refractivity contribution in [1.29, 1.82) is 0 Å². The first-order valence-electron chi connectivity index (χ1n) is 8.09.